The van der Waals surface area contributed by atoms with Crippen LogP contribution in [-0.2, 0) is 9.59 Å². The second kappa shape index (κ2) is 4.83. The molecule has 2 saturated heterocycles. The van der Waals surface area contributed by atoms with Crippen LogP contribution >= 0.6 is 12.2 Å². The zero-order valence-electron chi connectivity index (χ0n) is 9.71. The van der Waals surface area contributed by atoms with Gasteiger partial charge in [0.2, 0.25) is 0 Å². The number of rotatable bonds is 1. The highest BCUT2D eigenvalue weighted by Gasteiger charge is 2.29. The van der Waals surface area contributed by atoms with Crippen molar-refractivity contribution in [3.63, 3.8) is 0 Å². The molecule has 17 heavy (non-hydrogen) atoms. The second-order valence-corrected chi connectivity index (χ2v) is 4.65. The van der Waals surface area contributed by atoms with E-state index >= 15 is 0 Å². The Morgan fingerprint density at radius 1 is 1.12 bits per heavy atom. The van der Waals surface area contributed by atoms with E-state index in [1.807, 2.05) is 6.92 Å². The molecule has 0 aromatic carbocycles. The number of thiocarbonyl (C=S) groups is 1. The van der Waals surface area contributed by atoms with Crippen molar-refractivity contribution in [3.8, 4) is 0 Å². The van der Waals surface area contributed by atoms with Gasteiger partial charge in [-0.2, -0.15) is 0 Å². The third kappa shape index (κ3) is 2.46. The maximum Gasteiger partial charge on any atom is 0.264 e. The van der Waals surface area contributed by atoms with Gasteiger partial charge >= 0.3 is 0 Å². The van der Waals surface area contributed by atoms with E-state index in [0.29, 0.717) is 0 Å². The highest BCUT2D eigenvalue weighted by Crippen LogP contribution is 2.18. The summed E-state index contributed by atoms with van der Waals surface area (Å²) in [6.07, 6.45) is 3.42. The van der Waals surface area contributed by atoms with Gasteiger partial charge < -0.3 is 4.90 Å². The SMILES string of the molecule is CC(=C1C(=O)NC(=S)NC1=O)N1CCCCC1. The van der Waals surface area contributed by atoms with Crippen LogP contribution in [0.2, 0.25) is 0 Å². The lowest BCUT2D eigenvalue weighted by molar-refractivity contribution is -0.123. The van der Waals surface area contributed by atoms with Gasteiger partial charge in [-0.25, -0.2) is 0 Å². The molecule has 2 N–H and O–H groups in total. The standard InChI is InChI=1S/C11H15N3O2S/c1-7(14-5-3-2-4-6-14)8-9(15)12-11(17)13-10(8)16/h2-6H2,1H3,(H2,12,13,15,16,17). The van der Waals surface area contributed by atoms with Gasteiger partial charge in [-0.3, -0.25) is 20.2 Å². The molecular formula is C11H15N3O2S. The molecule has 2 aliphatic heterocycles. The van der Waals surface area contributed by atoms with Crippen molar-refractivity contribution in [2.24, 2.45) is 0 Å². The molecule has 92 valence electrons. The lowest BCUT2D eigenvalue weighted by Gasteiger charge is -2.31. The minimum Gasteiger partial charge on any atom is -0.374 e. The van der Waals surface area contributed by atoms with Crippen molar-refractivity contribution < 1.29 is 9.59 Å². The molecule has 0 aromatic heterocycles. The zero-order chi connectivity index (χ0) is 12.4. The van der Waals surface area contributed by atoms with Crippen LogP contribution in [0.4, 0.5) is 0 Å². The van der Waals surface area contributed by atoms with Crippen LogP contribution in [0.3, 0.4) is 0 Å². The fourth-order valence-electron chi connectivity index (χ4n) is 2.18. The van der Waals surface area contributed by atoms with Crippen LogP contribution in [0.15, 0.2) is 11.3 Å². The van der Waals surface area contributed by atoms with Gasteiger partial charge in [0.1, 0.15) is 5.57 Å². The first-order chi connectivity index (χ1) is 8.09. The fraction of sp³-hybridized carbons (Fsp3) is 0.545. The van der Waals surface area contributed by atoms with E-state index in [2.05, 4.69) is 15.5 Å². The molecule has 0 radical (unpaired) electrons. The number of hydrogen-bond acceptors (Lipinski definition) is 4. The Labute approximate surface area is 105 Å². The van der Waals surface area contributed by atoms with Crippen molar-refractivity contribution in [1.82, 2.24) is 15.5 Å². The smallest absolute Gasteiger partial charge is 0.264 e. The summed E-state index contributed by atoms with van der Waals surface area (Å²) in [5.41, 5.74) is 0.919. The van der Waals surface area contributed by atoms with Crippen LogP contribution in [0.5, 0.6) is 0 Å². The van der Waals surface area contributed by atoms with Gasteiger partial charge in [-0.05, 0) is 38.4 Å². The molecule has 5 nitrogen and oxygen atoms in total. The molecule has 0 aliphatic carbocycles. The summed E-state index contributed by atoms with van der Waals surface area (Å²) in [5, 5.41) is 4.99. The first-order valence-electron chi connectivity index (χ1n) is 5.72. The molecule has 2 amide bonds. The first kappa shape index (κ1) is 12.0. The third-order valence-corrected chi connectivity index (χ3v) is 3.30. The predicted octanol–water partition coefficient (Wildman–Crippen LogP) is 0.277. The Balaban J connectivity index is 2.25. The van der Waals surface area contributed by atoms with Crippen molar-refractivity contribution >= 4 is 29.1 Å². The highest BCUT2D eigenvalue weighted by molar-refractivity contribution is 7.80. The molecule has 0 unspecified atom stereocenters. The van der Waals surface area contributed by atoms with Gasteiger partial charge in [0.15, 0.2) is 5.11 Å². The van der Waals surface area contributed by atoms with Crippen LogP contribution in [0, 0.1) is 0 Å². The monoisotopic (exact) mass is 253 g/mol. The summed E-state index contributed by atoms with van der Waals surface area (Å²) in [7, 11) is 0. The van der Waals surface area contributed by atoms with Gasteiger partial charge in [0, 0.05) is 18.8 Å². The number of carbonyl (C=O) groups is 2. The predicted molar refractivity (Wildman–Crippen MR) is 67.0 cm³/mol. The number of carbonyl (C=O) groups excluding carboxylic acids is 2. The molecule has 6 heteroatoms. The van der Waals surface area contributed by atoms with E-state index < -0.39 is 11.8 Å². The number of nitrogens with one attached hydrogen (secondary N) is 2. The third-order valence-electron chi connectivity index (χ3n) is 3.10. The average molecular weight is 253 g/mol. The molecule has 2 heterocycles. The molecule has 0 spiro atoms. The molecule has 0 saturated carbocycles. The van der Waals surface area contributed by atoms with Crippen LogP contribution in [0.1, 0.15) is 26.2 Å². The van der Waals surface area contributed by atoms with Crippen LogP contribution in [0.25, 0.3) is 0 Å². The summed E-state index contributed by atoms with van der Waals surface area (Å²) < 4.78 is 0. The molecule has 2 fully saturated rings. The average Bonchev–Trinajstić information content (AvgIpc) is 2.28. The molecule has 2 aliphatic rings. The topological polar surface area (TPSA) is 61.4 Å². The van der Waals surface area contributed by atoms with Crippen molar-refractivity contribution in [3.05, 3.63) is 11.3 Å². The van der Waals surface area contributed by atoms with Gasteiger partial charge in [-0.1, -0.05) is 0 Å². The Kier molecular flexibility index (Phi) is 3.42. The number of amides is 2. The van der Waals surface area contributed by atoms with Crippen molar-refractivity contribution in [1.29, 1.82) is 0 Å². The maximum atomic E-state index is 11.8. The van der Waals surface area contributed by atoms with E-state index in [1.165, 1.54) is 6.42 Å². The Bertz CT molecular complexity index is 389. The quantitative estimate of drug-likeness (QED) is 0.400. The highest BCUT2D eigenvalue weighted by atomic mass is 32.1. The minimum atomic E-state index is -0.401. The lowest BCUT2D eigenvalue weighted by Crippen LogP contribution is -2.52. The van der Waals surface area contributed by atoms with E-state index in [0.717, 1.165) is 31.6 Å². The Hall–Kier alpha value is -1.43. The Morgan fingerprint density at radius 2 is 1.65 bits per heavy atom. The molecular weight excluding hydrogens is 238 g/mol. The Morgan fingerprint density at radius 3 is 2.18 bits per heavy atom. The van der Waals surface area contributed by atoms with Crippen molar-refractivity contribution in [2.75, 3.05) is 13.1 Å². The van der Waals surface area contributed by atoms with E-state index in [9.17, 15) is 9.59 Å². The van der Waals surface area contributed by atoms with Gasteiger partial charge in [0.05, 0.1) is 0 Å². The minimum absolute atomic E-state index is 0.0789. The molecule has 0 aromatic rings. The largest absolute Gasteiger partial charge is 0.374 e. The number of nitrogens with zero attached hydrogens (tertiary/aromatic N) is 1. The second-order valence-electron chi connectivity index (χ2n) is 4.25. The zero-order valence-corrected chi connectivity index (χ0v) is 10.5. The van der Waals surface area contributed by atoms with Crippen LogP contribution in [-0.4, -0.2) is 34.9 Å². The number of likely N-dealkylation sites (tertiary alicyclic amines) is 1. The van der Waals surface area contributed by atoms with Crippen molar-refractivity contribution in [2.45, 2.75) is 26.2 Å². The van der Waals surface area contributed by atoms with Crippen LogP contribution < -0.4 is 10.6 Å². The molecule has 0 atom stereocenters. The number of piperidine rings is 1. The number of hydrogen-bond donors (Lipinski definition) is 2. The molecule has 0 bridgehead atoms. The molecule has 2 rings (SSSR count). The van der Waals surface area contributed by atoms with E-state index in [1.54, 1.807) is 0 Å². The lowest BCUT2D eigenvalue weighted by atomic mass is 10.1. The summed E-state index contributed by atoms with van der Waals surface area (Å²) in [5.74, 6) is -0.802. The summed E-state index contributed by atoms with van der Waals surface area (Å²) in [6.45, 7) is 3.62. The van der Waals surface area contributed by atoms with Gasteiger partial charge in [-0.15, -0.1) is 0 Å². The van der Waals surface area contributed by atoms with E-state index in [4.69, 9.17) is 12.2 Å². The summed E-state index contributed by atoms with van der Waals surface area (Å²) >= 11 is 4.76. The summed E-state index contributed by atoms with van der Waals surface area (Å²) in [4.78, 5) is 25.6. The summed E-state index contributed by atoms with van der Waals surface area (Å²) in [6, 6.07) is 0. The van der Waals surface area contributed by atoms with Gasteiger partial charge in [0.25, 0.3) is 11.8 Å². The maximum absolute atomic E-state index is 11.8. The fourth-order valence-corrected chi connectivity index (χ4v) is 2.37. The normalized spacial score (nSPS) is 21.1. The first-order valence-corrected chi connectivity index (χ1v) is 6.13. The number of allylic oxidation sites excluding steroid dienone is 1. The van der Waals surface area contributed by atoms with E-state index in [-0.39, 0.29) is 10.7 Å².